The maximum Gasteiger partial charge on any atom is 0.240 e. The average Bonchev–Trinajstić information content (AvgIpc) is 2.53. The molecule has 0 atom stereocenters. The summed E-state index contributed by atoms with van der Waals surface area (Å²) in [7, 11) is 0. The first-order valence-corrected chi connectivity index (χ1v) is 8.61. The lowest BCUT2D eigenvalue weighted by Gasteiger charge is -2.21. The van der Waals surface area contributed by atoms with Gasteiger partial charge in [-0.05, 0) is 25.0 Å². The number of para-hydroxylation sites is 1. The molecule has 4 nitrogen and oxygen atoms in total. The van der Waals surface area contributed by atoms with Gasteiger partial charge in [-0.2, -0.15) is 0 Å². The van der Waals surface area contributed by atoms with Gasteiger partial charge in [-0.15, -0.1) is 0 Å². The highest BCUT2D eigenvalue weighted by Crippen LogP contribution is 2.17. The molecule has 1 aliphatic rings. The van der Waals surface area contributed by atoms with Crippen LogP contribution in [-0.2, 0) is 11.3 Å². The molecule has 1 aromatic heterocycles. The van der Waals surface area contributed by atoms with Gasteiger partial charge < -0.3 is 9.88 Å². The van der Waals surface area contributed by atoms with E-state index in [2.05, 4.69) is 5.32 Å². The second-order valence-corrected chi connectivity index (χ2v) is 6.43. The minimum atomic E-state index is -0.00252. The number of pyridine rings is 1. The lowest BCUT2D eigenvalue weighted by molar-refractivity contribution is -0.122. The Hall–Kier alpha value is -2.10. The van der Waals surface area contributed by atoms with E-state index in [0.717, 1.165) is 18.4 Å². The van der Waals surface area contributed by atoms with Gasteiger partial charge in [0.15, 0.2) is 5.43 Å². The summed E-state index contributed by atoms with van der Waals surface area (Å²) in [4.78, 5) is 24.3. The van der Waals surface area contributed by atoms with Gasteiger partial charge in [0, 0.05) is 23.7 Å². The Morgan fingerprint density at radius 3 is 2.52 bits per heavy atom. The van der Waals surface area contributed by atoms with Gasteiger partial charge in [0.05, 0.1) is 5.52 Å². The Morgan fingerprint density at radius 1 is 1.04 bits per heavy atom. The minimum absolute atomic E-state index is 0.00252. The number of aromatic nitrogens is 1. The molecular weight excluding hydrogens is 288 g/mol. The fourth-order valence-electron chi connectivity index (χ4n) is 3.43. The topological polar surface area (TPSA) is 51.1 Å². The predicted octanol–water partition coefficient (Wildman–Crippen LogP) is 3.23. The Kier molecular flexibility index (Phi) is 5.11. The van der Waals surface area contributed by atoms with E-state index in [0.29, 0.717) is 11.4 Å². The van der Waals surface area contributed by atoms with Gasteiger partial charge in [0.2, 0.25) is 5.91 Å². The van der Waals surface area contributed by atoms with Crippen molar-refractivity contribution in [2.75, 3.05) is 0 Å². The third kappa shape index (κ3) is 4.01. The minimum Gasteiger partial charge on any atom is -0.352 e. The number of amides is 1. The van der Waals surface area contributed by atoms with Crippen molar-refractivity contribution in [3.63, 3.8) is 0 Å². The molecule has 1 fully saturated rings. The molecule has 1 N–H and O–H groups in total. The van der Waals surface area contributed by atoms with E-state index in [9.17, 15) is 9.59 Å². The Morgan fingerprint density at radius 2 is 1.74 bits per heavy atom. The first kappa shape index (κ1) is 15.8. The zero-order valence-corrected chi connectivity index (χ0v) is 13.5. The van der Waals surface area contributed by atoms with Crippen LogP contribution in [0.5, 0.6) is 0 Å². The molecule has 1 heterocycles. The fraction of sp³-hybridized carbons (Fsp3) is 0.474. The monoisotopic (exact) mass is 312 g/mol. The van der Waals surface area contributed by atoms with E-state index in [4.69, 9.17) is 0 Å². The molecule has 0 saturated heterocycles. The number of hydrogen-bond donors (Lipinski definition) is 1. The summed E-state index contributed by atoms with van der Waals surface area (Å²) in [6.07, 6.45) is 10.1. The largest absolute Gasteiger partial charge is 0.352 e. The van der Waals surface area contributed by atoms with Crippen molar-refractivity contribution in [3.8, 4) is 0 Å². The molecule has 1 saturated carbocycles. The van der Waals surface area contributed by atoms with Crippen LogP contribution < -0.4 is 10.7 Å². The summed E-state index contributed by atoms with van der Waals surface area (Å²) >= 11 is 0. The quantitative estimate of drug-likeness (QED) is 0.946. The maximum absolute atomic E-state index is 12.4. The van der Waals surface area contributed by atoms with E-state index in [1.807, 2.05) is 22.8 Å². The van der Waals surface area contributed by atoms with Crippen LogP contribution >= 0.6 is 0 Å². The van der Waals surface area contributed by atoms with Crippen LogP contribution in [0.3, 0.4) is 0 Å². The highest BCUT2D eigenvalue weighted by molar-refractivity contribution is 5.82. The number of carbonyl (C=O) groups excluding carboxylic acids is 1. The van der Waals surface area contributed by atoms with Crippen molar-refractivity contribution in [1.29, 1.82) is 0 Å². The van der Waals surface area contributed by atoms with Gasteiger partial charge in [0.25, 0.3) is 0 Å². The van der Waals surface area contributed by atoms with E-state index in [-0.39, 0.29) is 17.9 Å². The third-order valence-corrected chi connectivity index (χ3v) is 4.67. The summed E-state index contributed by atoms with van der Waals surface area (Å²) in [6.45, 7) is 0.261. The average molecular weight is 312 g/mol. The third-order valence-electron chi connectivity index (χ3n) is 4.67. The number of fused-ring (bicyclic) bond motifs is 1. The summed E-state index contributed by atoms with van der Waals surface area (Å²) in [5, 5.41) is 3.84. The number of nitrogens with one attached hydrogen (secondary N) is 1. The van der Waals surface area contributed by atoms with Crippen molar-refractivity contribution in [3.05, 3.63) is 46.8 Å². The van der Waals surface area contributed by atoms with E-state index >= 15 is 0 Å². The van der Waals surface area contributed by atoms with Gasteiger partial charge >= 0.3 is 0 Å². The molecule has 3 rings (SSSR count). The second-order valence-electron chi connectivity index (χ2n) is 6.43. The van der Waals surface area contributed by atoms with Crippen LogP contribution in [0.15, 0.2) is 41.3 Å². The molecule has 4 heteroatoms. The zero-order valence-electron chi connectivity index (χ0n) is 13.5. The van der Waals surface area contributed by atoms with Gasteiger partial charge in [-0.3, -0.25) is 9.59 Å². The molecule has 0 spiro atoms. The van der Waals surface area contributed by atoms with E-state index in [1.165, 1.54) is 38.2 Å². The van der Waals surface area contributed by atoms with Crippen LogP contribution in [0.2, 0.25) is 0 Å². The highest BCUT2D eigenvalue weighted by Gasteiger charge is 2.14. The van der Waals surface area contributed by atoms with Crippen LogP contribution in [0.4, 0.5) is 0 Å². The maximum atomic E-state index is 12.4. The molecule has 1 amide bonds. The van der Waals surface area contributed by atoms with Gasteiger partial charge in [-0.1, -0.05) is 44.2 Å². The molecule has 1 aliphatic carbocycles. The summed E-state index contributed by atoms with van der Waals surface area (Å²) in [5.74, 6) is 0.0318. The van der Waals surface area contributed by atoms with Crippen LogP contribution in [0, 0.1) is 0 Å². The smallest absolute Gasteiger partial charge is 0.240 e. The Balaban J connectivity index is 1.70. The lowest BCUT2D eigenvalue weighted by atomic mass is 9.97. The number of rotatable bonds is 3. The van der Waals surface area contributed by atoms with E-state index < -0.39 is 0 Å². The summed E-state index contributed by atoms with van der Waals surface area (Å²) in [6, 6.07) is 9.27. The lowest BCUT2D eigenvalue weighted by Crippen LogP contribution is -2.37. The normalized spacial score (nSPS) is 16.7. The molecule has 122 valence electrons. The SMILES string of the molecule is O=C(Cn1ccc(=O)c2ccccc21)NC1CCCCCCC1. The second kappa shape index (κ2) is 7.44. The number of nitrogens with zero attached hydrogens (tertiary/aromatic N) is 1. The van der Waals surface area contributed by atoms with Crippen molar-refractivity contribution < 1.29 is 4.79 Å². The number of benzene rings is 1. The van der Waals surface area contributed by atoms with Crippen molar-refractivity contribution in [2.24, 2.45) is 0 Å². The highest BCUT2D eigenvalue weighted by atomic mass is 16.2. The van der Waals surface area contributed by atoms with Crippen LogP contribution in [0.25, 0.3) is 10.9 Å². The Bertz CT molecular complexity index is 727. The van der Waals surface area contributed by atoms with Crippen molar-refractivity contribution >= 4 is 16.8 Å². The first-order chi connectivity index (χ1) is 11.2. The molecule has 0 radical (unpaired) electrons. The number of hydrogen-bond acceptors (Lipinski definition) is 2. The van der Waals surface area contributed by atoms with Crippen molar-refractivity contribution in [2.45, 2.75) is 57.5 Å². The molecule has 1 aromatic carbocycles. The summed E-state index contributed by atoms with van der Waals surface area (Å²) < 4.78 is 1.86. The predicted molar refractivity (Wildman–Crippen MR) is 92.5 cm³/mol. The number of carbonyl (C=O) groups is 1. The Labute approximate surface area is 136 Å². The molecule has 0 unspecified atom stereocenters. The molecule has 23 heavy (non-hydrogen) atoms. The molecular formula is C19H24N2O2. The molecule has 2 aromatic rings. The molecule has 0 aliphatic heterocycles. The standard InChI is InChI=1S/C19H24N2O2/c22-18-12-13-21(17-11-7-6-10-16(17)18)14-19(23)20-15-8-4-2-1-3-5-9-15/h6-7,10-13,15H,1-5,8-9,14H2,(H,20,23). The summed E-state index contributed by atoms with van der Waals surface area (Å²) in [5.41, 5.74) is 0.810. The zero-order chi connectivity index (χ0) is 16.1. The van der Waals surface area contributed by atoms with Gasteiger partial charge in [-0.25, -0.2) is 0 Å². The van der Waals surface area contributed by atoms with Gasteiger partial charge in [0.1, 0.15) is 6.54 Å². The van der Waals surface area contributed by atoms with Crippen molar-refractivity contribution in [1.82, 2.24) is 9.88 Å². The molecule has 0 bridgehead atoms. The van der Waals surface area contributed by atoms with Crippen LogP contribution in [-0.4, -0.2) is 16.5 Å². The first-order valence-electron chi connectivity index (χ1n) is 8.61. The van der Waals surface area contributed by atoms with Crippen LogP contribution in [0.1, 0.15) is 44.9 Å². The fourth-order valence-corrected chi connectivity index (χ4v) is 3.43. The van der Waals surface area contributed by atoms with E-state index in [1.54, 1.807) is 12.3 Å².